The zero-order valence-corrected chi connectivity index (χ0v) is 16.8. The molecule has 0 atom stereocenters. The lowest BCUT2D eigenvalue weighted by molar-refractivity contribution is -0.116. The average Bonchev–Trinajstić information content (AvgIpc) is 3.23. The van der Waals surface area contributed by atoms with Crippen LogP contribution in [-0.2, 0) is 4.79 Å². The molecule has 3 rings (SSSR count). The molecule has 0 aliphatic heterocycles. The quantitative estimate of drug-likeness (QED) is 0.491. The molecule has 0 N–H and O–H groups in total. The molecular weight excluding hydrogens is 388 g/mol. The van der Waals surface area contributed by atoms with Crippen molar-refractivity contribution < 1.29 is 13.9 Å². The first-order chi connectivity index (χ1) is 14.2. The highest BCUT2D eigenvalue weighted by Crippen LogP contribution is 2.25. The number of ether oxygens (including phenoxy) is 1. The van der Waals surface area contributed by atoms with Gasteiger partial charge >= 0.3 is 0 Å². The highest BCUT2D eigenvalue weighted by atomic mass is 32.2. The Balaban J connectivity index is 1.65. The van der Waals surface area contributed by atoms with Crippen LogP contribution in [0.15, 0.2) is 64.2 Å². The third-order valence-electron chi connectivity index (χ3n) is 3.95. The molecule has 3 aromatic rings. The number of nitriles is 1. The smallest absolute Gasteiger partial charge is 0.277 e. The van der Waals surface area contributed by atoms with Crippen molar-refractivity contribution in [3.63, 3.8) is 0 Å². The van der Waals surface area contributed by atoms with Crippen LogP contribution in [0.4, 0.5) is 5.69 Å². The minimum atomic E-state index is -0.145. The van der Waals surface area contributed by atoms with Crippen LogP contribution in [0, 0.1) is 11.3 Å². The molecule has 0 aliphatic carbocycles. The monoisotopic (exact) mass is 408 g/mol. The van der Waals surface area contributed by atoms with Gasteiger partial charge in [-0.1, -0.05) is 30.0 Å². The van der Waals surface area contributed by atoms with Crippen LogP contribution in [0.1, 0.15) is 13.3 Å². The minimum Gasteiger partial charge on any atom is -0.494 e. The molecule has 1 heterocycles. The van der Waals surface area contributed by atoms with Crippen LogP contribution in [0.5, 0.6) is 5.75 Å². The second-order valence-corrected chi connectivity index (χ2v) is 6.83. The van der Waals surface area contributed by atoms with E-state index in [-0.39, 0.29) is 18.1 Å². The number of carbonyl (C=O) groups excluding carboxylic acids is 1. The SMILES string of the molecule is CCOc1ccc(N(CCC#N)C(=O)CSc2nnc(-c3ccccc3)o2)cc1. The molecular formula is C21H20N4O3S. The maximum Gasteiger partial charge on any atom is 0.277 e. The molecule has 0 radical (unpaired) electrons. The summed E-state index contributed by atoms with van der Waals surface area (Å²) in [5.74, 6) is 1.12. The van der Waals surface area contributed by atoms with E-state index in [0.29, 0.717) is 30.0 Å². The van der Waals surface area contributed by atoms with Crippen molar-refractivity contribution in [1.82, 2.24) is 10.2 Å². The number of thioether (sulfide) groups is 1. The fourth-order valence-electron chi connectivity index (χ4n) is 2.62. The summed E-state index contributed by atoms with van der Waals surface area (Å²) in [4.78, 5) is 14.4. The zero-order valence-electron chi connectivity index (χ0n) is 15.9. The van der Waals surface area contributed by atoms with Gasteiger partial charge in [-0.3, -0.25) is 4.79 Å². The summed E-state index contributed by atoms with van der Waals surface area (Å²) in [7, 11) is 0. The fourth-order valence-corrected chi connectivity index (χ4v) is 3.25. The molecule has 0 saturated carbocycles. The number of hydrogen-bond acceptors (Lipinski definition) is 7. The highest BCUT2D eigenvalue weighted by molar-refractivity contribution is 7.99. The molecule has 7 nitrogen and oxygen atoms in total. The van der Waals surface area contributed by atoms with Crippen molar-refractivity contribution in [2.75, 3.05) is 23.8 Å². The molecule has 8 heteroatoms. The molecule has 29 heavy (non-hydrogen) atoms. The van der Waals surface area contributed by atoms with E-state index in [0.717, 1.165) is 11.3 Å². The standard InChI is InChI=1S/C21H20N4O3S/c1-2-27-18-11-9-17(10-12-18)25(14-6-13-22)19(26)15-29-21-24-23-20(28-21)16-7-4-3-5-8-16/h3-5,7-12H,2,6,14-15H2,1H3. The molecule has 1 aromatic heterocycles. The van der Waals surface area contributed by atoms with Gasteiger partial charge < -0.3 is 14.1 Å². The van der Waals surface area contributed by atoms with Gasteiger partial charge in [0.1, 0.15) is 5.75 Å². The van der Waals surface area contributed by atoms with Crippen LogP contribution in [-0.4, -0.2) is 35.0 Å². The van der Waals surface area contributed by atoms with E-state index in [1.807, 2.05) is 61.5 Å². The van der Waals surface area contributed by atoms with Crippen LogP contribution >= 0.6 is 11.8 Å². The number of amides is 1. The first-order valence-electron chi connectivity index (χ1n) is 9.13. The normalized spacial score (nSPS) is 10.3. The Bertz CT molecular complexity index is 968. The summed E-state index contributed by atoms with van der Waals surface area (Å²) in [6.07, 6.45) is 0.238. The van der Waals surface area contributed by atoms with Crippen LogP contribution in [0.25, 0.3) is 11.5 Å². The van der Waals surface area contributed by atoms with Crippen molar-refractivity contribution in [2.45, 2.75) is 18.6 Å². The summed E-state index contributed by atoms with van der Waals surface area (Å²) in [6.45, 7) is 2.79. The molecule has 0 spiro atoms. The largest absolute Gasteiger partial charge is 0.494 e. The predicted molar refractivity (Wildman–Crippen MR) is 111 cm³/mol. The Morgan fingerprint density at radius 3 is 2.62 bits per heavy atom. The van der Waals surface area contributed by atoms with E-state index < -0.39 is 0 Å². The van der Waals surface area contributed by atoms with Gasteiger partial charge in [0.25, 0.3) is 5.22 Å². The number of hydrogen-bond donors (Lipinski definition) is 0. The van der Waals surface area contributed by atoms with Gasteiger partial charge in [0.15, 0.2) is 0 Å². The Hall–Kier alpha value is -3.31. The van der Waals surface area contributed by atoms with Gasteiger partial charge in [-0.2, -0.15) is 5.26 Å². The van der Waals surface area contributed by atoms with Crippen LogP contribution in [0.2, 0.25) is 0 Å². The topological polar surface area (TPSA) is 92.2 Å². The summed E-state index contributed by atoms with van der Waals surface area (Å²) in [6, 6.07) is 18.8. The van der Waals surface area contributed by atoms with Gasteiger partial charge in [0.05, 0.1) is 24.8 Å². The van der Waals surface area contributed by atoms with E-state index in [9.17, 15) is 4.79 Å². The number of nitrogens with zero attached hydrogens (tertiary/aromatic N) is 4. The van der Waals surface area contributed by atoms with Crippen molar-refractivity contribution >= 4 is 23.4 Å². The third kappa shape index (κ3) is 5.59. The molecule has 0 aliphatic rings. The number of benzene rings is 2. The van der Waals surface area contributed by atoms with E-state index in [4.69, 9.17) is 14.4 Å². The van der Waals surface area contributed by atoms with Crippen molar-refractivity contribution in [1.29, 1.82) is 5.26 Å². The molecule has 148 valence electrons. The summed E-state index contributed by atoms with van der Waals surface area (Å²) in [5.41, 5.74) is 1.54. The first kappa shape index (κ1) is 20.4. The number of aromatic nitrogens is 2. The van der Waals surface area contributed by atoms with Crippen LogP contribution in [0.3, 0.4) is 0 Å². The number of anilines is 1. The van der Waals surface area contributed by atoms with Gasteiger partial charge in [0, 0.05) is 17.8 Å². The lowest BCUT2D eigenvalue weighted by Crippen LogP contribution is -2.33. The van der Waals surface area contributed by atoms with E-state index >= 15 is 0 Å². The van der Waals surface area contributed by atoms with Gasteiger partial charge in [-0.25, -0.2) is 0 Å². The third-order valence-corrected chi connectivity index (χ3v) is 4.76. The number of carbonyl (C=O) groups is 1. The van der Waals surface area contributed by atoms with E-state index in [2.05, 4.69) is 16.3 Å². The number of rotatable bonds is 9. The van der Waals surface area contributed by atoms with E-state index in [1.165, 1.54) is 11.8 Å². The molecule has 0 bridgehead atoms. The second-order valence-electron chi connectivity index (χ2n) is 5.91. The molecule has 0 unspecified atom stereocenters. The summed E-state index contributed by atoms with van der Waals surface area (Å²) < 4.78 is 11.1. The fraction of sp³-hybridized carbons (Fsp3) is 0.238. The summed E-state index contributed by atoms with van der Waals surface area (Å²) in [5, 5.41) is 17.3. The van der Waals surface area contributed by atoms with Gasteiger partial charge in [0.2, 0.25) is 11.8 Å². The van der Waals surface area contributed by atoms with Crippen molar-refractivity contribution in [3.05, 3.63) is 54.6 Å². The second kappa shape index (κ2) is 10.3. The van der Waals surface area contributed by atoms with Gasteiger partial charge in [-0.15, -0.1) is 10.2 Å². The maximum absolute atomic E-state index is 12.8. The molecule has 2 aromatic carbocycles. The van der Waals surface area contributed by atoms with Crippen molar-refractivity contribution in [3.8, 4) is 23.3 Å². The van der Waals surface area contributed by atoms with Crippen LogP contribution < -0.4 is 9.64 Å². The zero-order chi connectivity index (χ0) is 20.5. The van der Waals surface area contributed by atoms with Crippen molar-refractivity contribution in [2.24, 2.45) is 0 Å². The molecule has 0 saturated heterocycles. The highest BCUT2D eigenvalue weighted by Gasteiger charge is 2.18. The Kier molecular flexibility index (Phi) is 7.25. The minimum absolute atomic E-state index is 0.120. The lowest BCUT2D eigenvalue weighted by Gasteiger charge is -2.21. The molecule has 1 amide bonds. The maximum atomic E-state index is 12.8. The predicted octanol–water partition coefficient (Wildman–Crippen LogP) is 4.17. The Morgan fingerprint density at radius 2 is 1.93 bits per heavy atom. The Morgan fingerprint density at radius 1 is 1.17 bits per heavy atom. The average molecular weight is 408 g/mol. The van der Waals surface area contributed by atoms with E-state index in [1.54, 1.807) is 4.90 Å². The summed E-state index contributed by atoms with van der Waals surface area (Å²) >= 11 is 1.17. The van der Waals surface area contributed by atoms with Gasteiger partial charge in [-0.05, 0) is 43.3 Å². The lowest BCUT2D eigenvalue weighted by atomic mass is 10.2. The molecule has 0 fully saturated rings. The first-order valence-corrected chi connectivity index (χ1v) is 10.1. The Labute approximate surface area is 173 Å².